The average Bonchev–Trinajstić information content (AvgIpc) is 3.62. The number of halogens is 1. The number of hydrogen-bond acceptors (Lipinski definition) is 3. The first kappa shape index (κ1) is 20.8. The number of hydrogen-bond donors (Lipinski definition) is 1. The number of benzene rings is 3. The third-order valence-electron chi connectivity index (χ3n) is 6.38. The summed E-state index contributed by atoms with van der Waals surface area (Å²) in [6.07, 6.45) is 3.80. The van der Waals surface area contributed by atoms with Gasteiger partial charge in [-0.1, -0.05) is 66.2 Å². The molecule has 32 heavy (non-hydrogen) atoms. The van der Waals surface area contributed by atoms with Gasteiger partial charge in [0.05, 0.1) is 5.69 Å². The fraction of sp³-hybridized carbons (Fsp3) is 0.259. The molecule has 3 aromatic carbocycles. The van der Waals surface area contributed by atoms with Crippen molar-refractivity contribution in [2.45, 2.75) is 32.1 Å². The molecule has 0 radical (unpaired) electrons. The average molecular weight is 446 g/mol. The van der Waals surface area contributed by atoms with Crippen LogP contribution in [-0.2, 0) is 16.0 Å². The summed E-state index contributed by atoms with van der Waals surface area (Å²) in [5.74, 6) is -0.163. The van der Waals surface area contributed by atoms with Gasteiger partial charge in [0.15, 0.2) is 5.90 Å². The second kappa shape index (κ2) is 8.44. The van der Waals surface area contributed by atoms with Crippen molar-refractivity contribution >= 4 is 29.2 Å². The number of nitrogens with zero attached hydrogens (tertiary/aromatic N) is 1. The fourth-order valence-corrected chi connectivity index (χ4v) is 4.41. The normalized spacial score (nSPS) is 16.5. The third-order valence-corrected chi connectivity index (χ3v) is 6.69. The van der Waals surface area contributed by atoms with E-state index >= 15 is 0 Å². The second-order valence-corrected chi connectivity index (χ2v) is 9.04. The fourth-order valence-electron chi connectivity index (χ4n) is 4.12. The zero-order valence-electron chi connectivity index (χ0n) is 17.7. The molecule has 1 N–H and O–H groups in total. The van der Waals surface area contributed by atoms with Crippen molar-refractivity contribution in [3.05, 3.63) is 77.3 Å². The van der Waals surface area contributed by atoms with Crippen molar-refractivity contribution in [2.75, 3.05) is 6.61 Å². The minimum atomic E-state index is -0.778. The Balaban J connectivity index is 1.42. The first-order valence-corrected chi connectivity index (χ1v) is 11.3. The van der Waals surface area contributed by atoms with E-state index in [1.165, 1.54) is 5.56 Å². The number of carboxylic acid groups (broad SMARTS) is 1. The summed E-state index contributed by atoms with van der Waals surface area (Å²) >= 11 is 6.66. The lowest BCUT2D eigenvalue weighted by Crippen LogP contribution is -2.23. The molecule has 0 spiro atoms. The molecule has 0 saturated heterocycles. The maximum absolute atomic E-state index is 11.4. The van der Waals surface area contributed by atoms with Gasteiger partial charge in [-0.3, -0.25) is 4.79 Å². The van der Waals surface area contributed by atoms with E-state index in [0.717, 1.165) is 40.8 Å². The maximum atomic E-state index is 11.4. The van der Waals surface area contributed by atoms with Crippen LogP contribution in [0.15, 0.2) is 71.7 Å². The monoisotopic (exact) mass is 445 g/mol. The molecule has 1 heterocycles. The van der Waals surface area contributed by atoms with E-state index in [2.05, 4.69) is 36.4 Å². The molecule has 0 bridgehead atoms. The number of fused-ring (bicyclic) bond motifs is 1. The molecule has 5 heteroatoms. The highest BCUT2D eigenvalue weighted by atomic mass is 35.5. The van der Waals surface area contributed by atoms with Crippen LogP contribution in [0.2, 0.25) is 5.02 Å². The molecule has 162 valence electrons. The smallest absolute Gasteiger partial charge is 0.313 e. The maximum Gasteiger partial charge on any atom is 0.313 e. The SMILES string of the molecule is O=C(O)C1(COC2=Nc3cc(-c4ccc(-c5ccccc5)cc4)c(Cl)cc3CCC2)CC1. The predicted octanol–water partition coefficient (Wildman–Crippen LogP) is 6.92. The van der Waals surface area contributed by atoms with Gasteiger partial charge in [-0.2, -0.15) is 0 Å². The Bertz CT molecular complexity index is 1180. The van der Waals surface area contributed by atoms with E-state index in [1.54, 1.807) is 0 Å². The van der Waals surface area contributed by atoms with Gasteiger partial charge < -0.3 is 9.84 Å². The molecule has 1 aliphatic heterocycles. The van der Waals surface area contributed by atoms with Crippen molar-refractivity contribution in [3.63, 3.8) is 0 Å². The topological polar surface area (TPSA) is 58.9 Å². The summed E-state index contributed by atoms with van der Waals surface area (Å²) in [6, 6.07) is 22.7. The van der Waals surface area contributed by atoms with Gasteiger partial charge in [0.25, 0.3) is 0 Å². The molecule has 3 aromatic rings. The molecule has 0 aromatic heterocycles. The van der Waals surface area contributed by atoms with E-state index in [1.807, 2.05) is 30.3 Å². The molecule has 5 rings (SSSR count). The van der Waals surface area contributed by atoms with Crippen molar-refractivity contribution in [1.82, 2.24) is 0 Å². The molecule has 0 amide bonds. The van der Waals surface area contributed by atoms with Crippen LogP contribution < -0.4 is 0 Å². The minimum Gasteiger partial charge on any atom is -0.481 e. The van der Waals surface area contributed by atoms with Gasteiger partial charge in [-0.05, 0) is 60.1 Å². The molecule has 4 nitrogen and oxygen atoms in total. The van der Waals surface area contributed by atoms with Gasteiger partial charge in [0.2, 0.25) is 0 Å². The minimum absolute atomic E-state index is 0.192. The summed E-state index contributed by atoms with van der Waals surface area (Å²) in [7, 11) is 0. The van der Waals surface area contributed by atoms with Crippen molar-refractivity contribution in [1.29, 1.82) is 0 Å². The van der Waals surface area contributed by atoms with Gasteiger partial charge in [0, 0.05) is 17.0 Å². The van der Waals surface area contributed by atoms with E-state index in [4.69, 9.17) is 21.3 Å². The summed E-state index contributed by atoms with van der Waals surface area (Å²) < 4.78 is 5.89. The molecule has 2 aliphatic rings. The number of ether oxygens (including phenoxy) is 1. The standard InChI is InChI=1S/C27H24ClNO3/c28-23-15-21-7-4-8-25(32-17-27(13-14-27)26(30)31)29-24(21)16-22(23)20-11-9-19(10-12-20)18-5-2-1-3-6-18/h1-3,5-6,9-12,15-16H,4,7-8,13-14,17H2,(H,30,31). The van der Waals surface area contributed by atoms with Crippen LogP contribution in [-0.4, -0.2) is 23.6 Å². The number of aliphatic imine (C=N–C) groups is 1. The van der Waals surface area contributed by atoms with Crippen LogP contribution >= 0.6 is 11.6 Å². The lowest BCUT2D eigenvalue weighted by atomic mass is 9.98. The molecule has 0 atom stereocenters. The number of aliphatic carboxylic acids is 1. The van der Waals surface area contributed by atoms with E-state index in [-0.39, 0.29) is 6.61 Å². The van der Waals surface area contributed by atoms with Crippen LogP contribution in [0.1, 0.15) is 31.2 Å². The highest BCUT2D eigenvalue weighted by molar-refractivity contribution is 6.33. The van der Waals surface area contributed by atoms with Crippen LogP contribution in [0.5, 0.6) is 0 Å². The van der Waals surface area contributed by atoms with Crippen molar-refractivity contribution < 1.29 is 14.6 Å². The number of carboxylic acids is 1. The van der Waals surface area contributed by atoms with E-state index < -0.39 is 11.4 Å². The zero-order chi connectivity index (χ0) is 22.1. The molecular weight excluding hydrogens is 422 g/mol. The summed E-state index contributed by atoms with van der Waals surface area (Å²) in [6.45, 7) is 0.192. The molecule has 1 aliphatic carbocycles. The van der Waals surface area contributed by atoms with Crippen LogP contribution in [0, 0.1) is 5.41 Å². The largest absolute Gasteiger partial charge is 0.481 e. The highest BCUT2D eigenvalue weighted by Crippen LogP contribution is 2.46. The summed E-state index contributed by atoms with van der Waals surface area (Å²) in [4.78, 5) is 16.2. The Morgan fingerprint density at radius 1 is 0.969 bits per heavy atom. The number of carbonyl (C=O) groups is 1. The van der Waals surface area contributed by atoms with Crippen LogP contribution in [0.3, 0.4) is 0 Å². The lowest BCUT2D eigenvalue weighted by molar-refractivity contribution is -0.144. The van der Waals surface area contributed by atoms with Gasteiger partial charge in [0.1, 0.15) is 12.0 Å². The Morgan fingerprint density at radius 3 is 2.34 bits per heavy atom. The lowest BCUT2D eigenvalue weighted by Gasteiger charge is -2.13. The van der Waals surface area contributed by atoms with Crippen molar-refractivity contribution in [2.24, 2.45) is 10.4 Å². The van der Waals surface area contributed by atoms with Gasteiger partial charge in [-0.15, -0.1) is 0 Å². The van der Waals surface area contributed by atoms with Crippen LogP contribution in [0.4, 0.5) is 5.69 Å². The highest BCUT2D eigenvalue weighted by Gasteiger charge is 2.51. The molecular formula is C27H24ClNO3. The van der Waals surface area contributed by atoms with Gasteiger partial charge in [-0.25, -0.2) is 4.99 Å². The second-order valence-electron chi connectivity index (χ2n) is 8.64. The zero-order valence-corrected chi connectivity index (χ0v) is 18.4. The van der Waals surface area contributed by atoms with E-state index in [9.17, 15) is 9.90 Å². The first-order valence-electron chi connectivity index (χ1n) is 11.0. The molecule has 1 fully saturated rings. The van der Waals surface area contributed by atoms with E-state index in [0.29, 0.717) is 30.2 Å². The Hall–Kier alpha value is -3.11. The Kier molecular flexibility index (Phi) is 5.48. The number of rotatable bonds is 5. The Morgan fingerprint density at radius 2 is 1.66 bits per heavy atom. The Labute approximate surface area is 192 Å². The van der Waals surface area contributed by atoms with Gasteiger partial charge >= 0.3 is 5.97 Å². The molecule has 0 unspecified atom stereocenters. The summed E-state index contributed by atoms with van der Waals surface area (Å²) in [5, 5.41) is 10.1. The predicted molar refractivity (Wildman–Crippen MR) is 128 cm³/mol. The first-order chi connectivity index (χ1) is 15.5. The number of aryl methyl sites for hydroxylation is 1. The quantitative estimate of drug-likeness (QED) is 0.463. The van der Waals surface area contributed by atoms with Crippen LogP contribution in [0.25, 0.3) is 22.3 Å². The molecule has 1 saturated carbocycles. The summed E-state index contributed by atoms with van der Waals surface area (Å²) in [5.41, 5.74) is 5.52. The third kappa shape index (κ3) is 4.15. The van der Waals surface area contributed by atoms with Crippen molar-refractivity contribution in [3.8, 4) is 22.3 Å².